The topological polar surface area (TPSA) is 56.8 Å². The Morgan fingerprint density at radius 3 is 2.62 bits per heavy atom. The summed E-state index contributed by atoms with van der Waals surface area (Å²) in [6.07, 6.45) is 4.66. The Labute approximate surface area is 157 Å². The number of nitrogens with one attached hydrogen (secondary N) is 1. The lowest BCUT2D eigenvalue weighted by Gasteiger charge is -2.19. The van der Waals surface area contributed by atoms with E-state index in [9.17, 15) is 13.6 Å². The third-order valence-electron chi connectivity index (χ3n) is 4.87. The average Bonchev–Trinajstić information content (AvgIpc) is 3.27. The molecule has 2 fully saturated rings. The zero-order valence-electron chi connectivity index (χ0n) is 14.6. The van der Waals surface area contributed by atoms with Crippen molar-refractivity contribution in [3.05, 3.63) is 23.8 Å². The summed E-state index contributed by atoms with van der Waals surface area (Å²) >= 11 is 0. The molecule has 5 nitrogen and oxygen atoms in total. The fourth-order valence-electron chi connectivity index (χ4n) is 3.56. The molecule has 0 radical (unpaired) electrons. The fourth-order valence-corrected chi connectivity index (χ4v) is 3.56. The largest absolute Gasteiger partial charge is 0.487 e. The zero-order chi connectivity index (χ0) is 17.8. The van der Waals surface area contributed by atoms with E-state index in [1.165, 1.54) is 13.2 Å². The number of esters is 1. The lowest BCUT2D eigenvalue weighted by atomic mass is 9.96. The molecule has 0 spiro atoms. The van der Waals surface area contributed by atoms with Gasteiger partial charge in [0.15, 0.2) is 11.5 Å². The number of hydrogen-bond donors (Lipinski definition) is 1. The van der Waals surface area contributed by atoms with Crippen LogP contribution < -0.4 is 14.8 Å². The van der Waals surface area contributed by atoms with Gasteiger partial charge in [-0.3, -0.25) is 4.79 Å². The van der Waals surface area contributed by atoms with Crippen molar-refractivity contribution >= 4 is 18.4 Å². The highest BCUT2D eigenvalue weighted by Gasteiger charge is 2.31. The number of carbonyl (C=O) groups excluding carboxylic acids is 1. The summed E-state index contributed by atoms with van der Waals surface area (Å²) in [6, 6.07) is 4.70. The minimum atomic E-state index is -2.89. The first-order valence-electron chi connectivity index (χ1n) is 8.63. The number of benzene rings is 1. The second kappa shape index (κ2) is 9.37. The Balaban J connectivity index is 0.00000243. The van der Waals surface area contributed by atoms with Crippen LogP contribution in [0.5, 0.6) is 11.5 Å². The van der Waals surface area contributed by atoms with Crippen LogP contribution in [0.1, 0.15) is 43.6 Å². The van der Waals surface area contributed by atoms with Gasteiger partial charge in [0.25, 0.3) is 0 Å². The lowest BCUT2D eigenvalue weighted by Crippen LogP contribution is -2.31. The molecule has 146 valence electrons. The van der Waals surface area contributed by atoms with Crippen molar-refractivity contribution in [1.82, 2.24) is 5.32 Å². The summed E-state index contributed by atoms with van der Waals surface area (Å²) in [4.78, 5) is 11.7. The van der Waals surface area contributed by atoms with Gasteiger partial charge in [0.1, 0.15) is 6.04 Å². The van der Waals surface area contributed by atoms with Gasteiger partial charge in [0.2, 0.25) is 0 Å². The molecule has 1 aromatic rings. The molecule has 3 rings (SSSR count). The highest BCUT2D eigenvalue weighted by Crippen LogP contribution is 2.37. The molecule has 1 heterocycles. The summed E-state index contributed by atoms with van der Waals surface area (Å²) in [6.45, 7) is -2.27. The zero-order valence-corrected chi connectivity index (χ0v) is 15.4. The molecule has 2 atom stereocenters. The van der Waals surface area contributed by atoms with Crippen molar-refractivity contribution in [2.45, 2.75) is 56.8 Å². The number of halogens is 3. The first kappa shape index (κ1) is 20.7. The Bertz CT molecular complexity index is 611. The molecule has 1 aromatic carbocycles. The van der Waals surface area contributed by atoms with Gasteiger partial charge < -0.3 is 19.5 Å². The number of methoxy groups -OCH3 is 1. The van der Waals surface area contributed by atoms with E-state index >= 15 is 0 Å². The van der Waals surface area contributed by atoms with Crippen LogP contribution in [0.25, 0.3) is 0 Å². The molecule has 1 saturated carbocycles. The van der Waals surface area contributed by atoms with Crippen LogP contribution in [0.15, 0.2) is 18.2 Å². The predicted octanol–water partition coefficient (Wildman–Crippen LogP) is 3.65. The average molecular weight is 392 g/mol. The van der Waals surface area contributed by atoms with Crippen LogP contribution in [0.4, 0.5) is 8.78 Å². The van der Waals surface area contributed by atoms with Gasteiger partial charge in [-0.15, -0.1) is 12.4 Å². The molecular formula is C18H24ClF2NO4. The molecule has 8 heteroatoms. The predicted molar refractivity (Wildman–Crippen MR) is 94.4 cm³/mol. The molecule has 0 amide bonds. The van der Waals surface area contributed by atoms with E-state index in [0.29, 0.717) is 18.7 Å². The van der Waals surface area contributed by atoms with Crippen molar-refractivity contribution in [2.24, 2.45) is 0 Å². The van der Waals surface area contributed by atoms with Crippen LogP contribution in [0.3, 0.4) is 0 Å². The first-order chi connectivity index (χ1) is 12.1. The number of alkyl halides is 2. The van der Waals surface area contributed by atoms with Gasteiger partial charge in [-0.25, -0.2) is 0 Å². The van der Waals surface area contributed by atoms with Crippen molar-refractivity contribution in [1.29, 1.82) is 0 Å². The van der Waals surface area contributed by atoms with Crippen molar-refractivity contribution in [3.63, 3.8) is 0 Å². The SMILES string of the molecule is COC(=O)[C@H]1CC(c2ccc(OC(F)F)c(OC3CCCC3)c2)CN1.Cl. The molecule has 2 aliphatic rings. The quantitative estimate of drug-likeness (QED) is 0.750. The monoisotopic (exact) mass is 391 g/mol. The summed E-state index contributed by atoms with van der Waals surface area (Å²) in [5, 5.41) is 3.13. The van der Waals surface area contributed by atoms with E-state index in [2.05, 4.69) is 10.1 Å². The first-order valence-corrected chi connectivity index (χ1v) is 8.63. The Morgan fingerprint density at radius 1 is 1.23 bits per heavy atom. The number of rotatable bonds is 6. The molecule has 0 aromatic heterocycles. The van der Waals surface area contributed by atoms with Crippen molar-refractivity contribution in [2.75, 3.05) is 13.7 Å². The molecule has 26 heavy (non-hydrogen) atoms. The second-order valence-electron chi connectivity index (χ2n) is 6.53. The van der Waals surface area contributed by atoms with Crippen molar-refractivity contribution in [3.8, 4) is 11.5 Å². The lowest BCUT2D eigenvalue weighted by molar-refractivity contribution is -0.142. The second-order valence-corrected chi connectivity index (χ2v) is 6.53. The molecule has 1 saturated heterocycles. The van der Waals surface area contributed by atoms with E-state index in [0.717, 1.165) is 31.2 Å². The van der Waals surface area contributed by atoms with Crippen LogP contribution in [0.2, 0.25) is 0 Å². The van der Waals surface area contributed by atoms with Crippen LogP contribution in [-0.4, -0.2) is 38.4 Å². The Hall–Kier alpha value is -1.60. The van der Waals surface area contributed by atoms with Gasteiger partial charge in [-0.05, 0) is 55.7 Å². The summed E-state index contributed by atoms with van der Waals surface area (Å²) in [5.41, 5.74) is 0.938. The van der Waals surface area contributed by atoms with E-state index in [1.54, 1.807) is 12.1 Å². The summed E-state index contributed by atoms with van der Waals surface area (Å²) in [5.74, 6) is 0.213. The summed E-state index contributed by atoms with van der Waals surface area (Å²) in [7, 11) is 1.36. The van der Waals surface area contributed by atoms with E-state index < -0.39 is 6.61 Å². The minimum Gasteiger partial charge on any atom is -0.487 e. The van der Waals surface area contributed by atoms with Crippen molar-refractivity contribution < 1.29 is 27.8 Å². The molecule has 1 unspecified atom stereocenters. The van der Waals surface area contributed by atoms with Crippen LogP contribution in [0, 0.1) is 0 Å². The highest BCUT2D eigenvalue weighted by atomic mass is 35.5. The van der Waals surface area contributed by atoms with Crippen LogP contribution in [-0.2, 0) is 9.53 Å². The number of carbonyl (C=O) groups is 1. The minimum absolute atomic E-state index is 0. The Kier molecular flexibility index (Phi) is 7.46. The number of hydrogen-bond acceptors (Lipinski definition) is 5. The van der Waals surface area contributed by atoms with Gasteiger partial charge in [0, 0.05) is 6.54 Å². The standard InChI is InChI=1S/C18H23F2NO4.ClH/c1-23-17(22)14-8-12(10-21-14)11-6-7-15(25-18(19)20)16(9-11)24-13-4-2-3-5-13;/h6-7,9,12-14,18,21H,2-5,8,10H2,1H3;1H/t12?,14-;/m1./s1. The molecule has 1 aliphatic carbocycles. The van der Waals surface area contributed by atoms with Gasteiger partial charge in [-0.1, -0.05) is 6.07 Å². The third-order valence-corrected chi connectivity index (χ3v) is 4.87. The fraction of sp³-hybridized carbons (Fsp3) is 0.611. The highest BCUT2D eigenvalue weighted by molar-refractivity contribution is 5.85. The summed E-state index contributed by atoms with van der Waals surface area (Å²) < 4.78 is 40.6. The molecule has 1 aliphatic heterocycles. The maximum atomic E-state index is 12.7. The van der Waals surface area contributed by atoms with Crippen LogP contribution >= 0.6 is 12.4 Å². The Morgan fingerprint density at radius 2 is 1.96 bits per heavy atom. The normalized spacial score (nSPS) is 22.9. The van der Waals surface area contributed by atoms with E-state index in [1.807, 2.05) is 0 Å². The molecule has 0 bridgehead atoms. The molecule has 1 N–H and O–H groups in total. The number of ether oxygens (including phenoxy) is 3. The van der Waals surface area contributed by atoms with Gasteiger partial charge in [-0.2, -0.15) is 8.78 Å². The molecular weight excluding hydrogens is 368 g/mol. The smallest absolute Gasteiger partial charge is 0.387 e. The maximum absolute atomic E-state index is 12.7. The maximum Gasteiger partial charge on any atom is 0.387 e. The van der Waals surface area contributed by atoms with E-state index in [-0.39, 0.29) is 42.2 Å². The van der Waals surface area contributed by atoms with E-state index in [4.69, 9.17) is 9.47 Å². The van der Waals surface area contributed by atoms with Gasteiger partial charge >= 0.3 is 12.6 Å². The van der Waals surface area contributed by atoms with Gasteiger partial charge in [0.05, 0.1) is 13.2 Å². The third kappa shape index (κ3) is 4.98.